The number of nitrogens with zero attached hydrogens (tertiary/aromatic N) is 1. The molecule has 0 heterocycles. The molecule has 1 amide bonds. The Balaban J connectivity index is 3.53. The van der Waals surface area contributed by atoms with E-state index in [2.05, 4.69) is 28.3 Å². The predicted molar refractivity (Wildman–Crippen MR) is 80.4 cm³/mol. The van der Waals surface area contributed by atoms with Crippen molar-refractivity contribution in [2.75, 3.05) is 39.1 Å². The lowest BCUT2D eigenvalue weighted by Crippen LogP contribution is -2.42. The molecule has 0 aromatic carbocycles. The minimum Gasteiger partial charge on any atom is -0.379 e. The van der Waals surface area contributed by atoms with Gasteiger partial charge in [-0.3, -0.25) is 9.79 Å². The Morgan fingerprint density at radius 1 is 1.37 bits per heavy atom. The predicted octanol–water partition coefficient (Wildman–Crippen LogP) is -1.31. The summed E-state index contributed by atoms with van der Waals surface area (Å²) in [7, 11) is 1.61. The molecule has 0 radical (unpaired) electrons. The molecule has 8 heteroatoms. The third-order valence-electron chi connectivity index (χ3n) is 2.36. The SMILES string of the molecule is CN=C(N)NCCCC(N)C(=O)NCCOCCS. The minimum atomic E-state index is -0.508. The third-order valence-corrected chi connectivity index (χ3v) is 2.54. The van der Waals surface area contributed by atoms with E-state index in [0.29, 0.717) is 44.4 Å². The maximum atomic E-state index is 11.6. The van der Waals surface area contributed by atoms with Gasteiger partial charge in [-0.15, -0.1) is 0 Å². The summed E-state index contributed by atoms with van der Waals surface area (Å²) in [4.78, 5) is 15.3. The lowest BCUT2D eigenvalue weighted by atomic mass is 10.1. The summed E-state index contributed by atoms with van der Waals surface area (Å²) in [5.74, 6) is 0.899. The number of hydrogen-bond acceptors (Lipinski definition) is 5. The zero-order valence-corrected chi connectivity index (χ0v) is 12.3. The first-order valence-electron chi connectivity index (χ1n) is 6.29. The number of ether oxygens (including phenoxy) is 1. The Hall–Kier alpha value is -0.990. The van der Waals surface area contributed by atoms with Crippen molar-refractivity contribution in [2.45, 2.75) is 18.9 Å². The molecule has 7 nitrogen and oxygen atoms in total. The highest BCUT2D eigenvalue weighted by Crippen LogP contribution is 1.93. The van der Waals surface area contributed by atoms with Gasteiger partial charge in [-0.05, 0) is 12.8 Å². The second kappa shape index (κ2) is 12.1. The molecule has 0 rings (SSSR count). The van der Waals surface area contributed by atoms with E-state index in [1.807, 2.05) is 0 Å². The van der Waals surface area contributed by atoms with Crippen LogP contribution in [-0.2, 0) is 9.53 Å². The van der Waals surface area contributed by atoms with Crippen LogP contribution in [0.15, 0.2) is 4.99 Å². The van der Waals surface area contributed by atoms with E-state index in [9.17, 15) is 4.79 Å². The third kappa shape index (κ3) is 10.6. The van der Waals surface area contributed by atoms with E-state index in [4.69, 9.17) is 16.2 Å². The molecule has 1 unspecified atom stereocenters. The molecule has 0 aliphatic carbocycles. The van der Waals surface area contributed by atoms with Crippen LogP contribution in [0.4, 0.5) is 0 Å². The summed E-state index contributed by atoms with van der Waals surface area (Å²) in [5.41, 5.74) is 11.2. The summed E-state index contributed by atoms with van der Waals surface area (Å²) < 4.78 is 5.18. The van der Waals surface area contributed by atoms with Gasteiger partial charge in [0.2, 0.25) is 5.91 Å². The van der Waals surface area contributed by atoms with Gasteiger partial charge >= 0.3 is 0 Å². The number of amides is 1. The highest BCUT2D eigenvalue weighted by molar-refractivity contribution is 7.80. The zero-order chi connectivity index (χ0) is 14.5. The zero-order valence-electron chi connectivity index (χ0n) is 11.4. The van der Waals surface area contributed by atoms with Crippen LogP contribution in [-0.4, -0.2) is 57.0 Å². The fraction of sp³-hybridized carbons (Fsp3) is 0.818. The lowest BCUT2D eigenvalue weighted by molar-refractivity contribution is -0.122. The lowest BCUT2D eigenvalue weighted by Gasteiger charge is -2.12. The number of carbonyl (C=O) groups excluding carboxylic acids is 1. The fourth-order valence-corrected chi connectivity index (χ4v) is 1.42. The molecular formula is C11H25N5O2S. The largest absolute Gasteiger partial charge is 0.379 e. The highest BCUT2D eigenvalue weighted by atomic mass is 32.1. The van der Waals surface area contributed by atoms with Crippen LogP contribution in [0.25, 0.3) is 0 Å². The normalized spacial score (nSPS) is 13.1. The second-order valence-corrected chi connectivity index (χ2v) is 4.36. The van der Waals surface area contributed by atoms with Gasteiger partial charge in [0.25, 0.3) is 0 Å². The number of nitrogens with one attached hydrogen (secondary N) is 2. The van der Waals surface area contributed by atoms with E-state index in [1.165, 1.54) is 0 Å². The molecule has 0 fully saturated rings. The first kappa shape index (κ1) is 18.0. The van der Waals surface area contributed by atoms with Gasteiger partial charge in [0.05, 0.1) is 19.3 Å². The second-order valence-electron chi connectivity index (χ2n) is 3.91. The first-order valence-corrected chi connectivity index (χ1v) is 6.93. The maximum Gasteiger partial charge on any atom is 0.236 e. The highest BCUT2D eigenvalue weighted by Gasteiger charge is 2.11. The number of rotatable bonds is 10. The molecule has 0 aliphatic heterocycles. The van der Waals surface area contributed by atoms with Crippen molar-refractivity contribution < 1.29 is 9.53 Å². The number of hydrogen-bond donors (Lipinski definition) is 5. The molecule has 6 N–H and O–H groups in total. The van der Waals surface area contributed by atoms with Crippen molar-refractivity contribution in [3.8, 4) is 0 Å². The van der Waals surface area contributed by atoms with Crippen molar-refractivity contribution in [3.63, 3.8) is 0 Å². The molecule has 0 bridgehead atoms. The molecule has 0 aliphatic rings. The van der Waals surface area contributed by atoms with Gasteiger partial charge in [-0.25, -0.2) is 0 Å². The molecule has 0 spiro atoms. The standard InChI is InChI=1S/C11H25N5O2S/c1-14-11(13)16-4-2-3-9(12)10(17)15-5-6-18-7-8-19/h9,19H,2-8,12H2,1H3,(H,15,17)(H3,13,14,16). The average molecular weight is 291 g/mol. The van der Waals surface area contributed by atoms with Gasteiger partial charge < -0.3 is 26.8 Å². The molecule has 112 valence electrons. The number of thiol groups is 1. The van der Waals surface area contributed by atoms with Crippen LogP contribution in [0.1, 0.15) is 12.8 Å². The van der Waals surface area contributed by atoms with Crippen LogP contribution in [0.5, 0.6) is 0 Å². The fourth-order valence-electron chi connectivity index (χ4n) is 1.29. The topological polar surface area (TPSA) is 115 Å². The summed E-state index contributed by atoms with van der Waals surface area (Å²) >= 11 is 4.01. The van der Waals surface area contributed by atoms with E-state index < -0.39 is 6.04 Å². The van der Waals surface area contributed by atoms with E-state index >= 15 is 0 Å². The van der Waals surface area contributed by atoms with Gasteiger partial charge in [0, 0.05) is 25.9 Å². The molecule has 0 saturated heterocycles. The Morgan fingerprint density at radius 2 is 2.11 bits per heavy atom. The first-order chi connectivity index (χ1) is 9.11. The van der Waals surface area contributed by atoms with Crippen LogP contribution >= 0.6 is 12.6 Å². The van der Waals surface area contributed by atoms with Gasteiger partial charge in [-0.2, -0.15) is 12.6 Å². The maximum absolute atomic E-state index is 11.6. The number of guanidine groups is 1. The Labute approximate surface area is 119 Å². The number of nitrogens with two attached hydrogens (primary N) is 2. The van der Waals surface area contributed by atoms with E-state index in [0.717, 1.165) is 6.42 Å². The van der Waals surface area contributed by atoms with Gasteiger partial charge in [-0.1, -0.05) is 0 Å². The summed E-state index contributed by atoms with van der Waals surface area (Å²) in [5, 5.41) is 5.63. The summed E-state index contributed by atoms with van der Waals surface area (Å²) in [6.45, 7) is 2.17. The number of aliphatic imine (C=N–C) groups is 1. The Kier molecular flexibility index (Phi) is 11.4. The van der Waals surface area contributed by atoms with Gasteiger partial charge in [0.1, 0.15) is 0 Å². The van der Waals surface area contributed by atoms with Crippen LogP contribution < -0.4 is 22.1 Å². The quantitative estimate of drug-likeness (QED) is 0.148. The molecule has 19 heavy (non-hydrogen) atoms. The number of carbonyl (C=O) groups is 1. The molecule has 0 aromatic heterocycles. The monoisotopic (exact) mass is 291 g/mol. The molecule has 1 atom stereocenters. The van der Waals surface area contributed by atoms with E-state index in [1.54, 1.807) is 7.05 Å². The smallest absolute Gasteiger partial charge is 0.236 e. The van der Waals surface area contributed by atoms with Crippen molar-refractivity contribution in [1.29, 1.82) is 0 Å². The van der Waals surface area contributed by atoms with Crippen molar-refractivity contribution >= 4 is 24.5 Å². The molecule has 0 saturated carbocycles. The van der Waals surface area contributed by atoms with E-state index in [-0.39, 0.29) is 5.91 Å². The van der Waals surface area contributed by atoms with Crippen molar-refractivity contribution in [3.05, 3.63) is 0 Å². The van der Waals surface area contributed by atoms with Crippen LogP contribution in [0.2, 0.25) is 0 Å². The minimum absolute atomic E-state index is 0.161. The van der Waals surface area contributed by atoms with Crippen molar-refractivity contribution in [2.24, 2.45) is 16.5 Å². The average Bonchev–Trinajstić information content (AvgIpc) is 2.42. The Morgan fingerprint density at radius 3 is 2.74 bits per heavy atom. The van der Waals surface area contributed by atoms with Crippen molar-refractivity contribution in [1.82, 2.24) is 10.6 Å². The van der Waals surface area contributed by atoms with Crippen LogP contribution in [0, 0.1) is 0 Å². The molecular weight excluding hydrogens is 266 g/mol. The molecule has 0 aromatic rings. The summed E-state index contributed by atoms with van der Waals surface area (Å²) in [6.07, 6.45) is 1.34. The van der Waals surface area contributed by atoms with Crippen LogP contribution in [0.3, 0.4) is 0 Å². The Bertz CT molecular complexity index is 276. The summed E-state index contributed by atoms with van der Waals surface area (Å²) in [6, 6.07) is -0.508. The van der Waals surface area contributed by atoms with Gasteiger partial charge in [0.15, 0.2) is 5.96 Å².